The normalized spacial score (nSPS) is 30.0. The molecule has 1 aliphatic rings. The van der Waals surface area contributed by atoms with E-state index in [0.29, 0.717) is 6.42 Å². The van der Waals surface area contributed by atoms with Crippen LogP contribution < -0.4 is 0 Å². The minimum Gasteiger partial charge on any atom is -0.469 e. The van der Waals surface area contributed by atoms with Crippen molar-refractivity contribution >= 4 is 5.97 Å². The highest BCUT2D eigenvalue weighted by Gasteiger charge is 2.24. The van der Waals surface area contributed by atoms with E-state index in [1.54, 1.807) is 6.08 Å². The number of esters is 1. The van der Waals surface area contributed by atoms with Crippen LogP contribution in [0.1, 0.15) is 12.8 Å². The number of hydrogen-bond donors (Lipinski definition) is 0. The Labute approximate surface area is 65.0 Å². The quantitative estimate of drug-likeness (QED) is 0.426. The molecule has 0 N–H and O–H groups in total. The zero-order valence-electron chi connectivity index (χ0n) is 6.42. The predicted molar refractivity (Wildman–Crippen MR) is 38.8 cm³/mol. The molecule has 0 radical (unpaired) electrons. The lowest BCUT2D eigenvalue weighted by Gasteiger charge is -2.17. The Bertz CT molecular complexity index is 177. The summed E-state index contributed by atoms with van der Waals surface area (Å²) in [6.07, 6.45) is 3.07. The van der Waals surface area contributed by atoms with Crippen LogP contribution in [0, 0.1) is 5.92 Å². The van der Waals surface area contributed by atoms with Crippen molar-refractivity contribution in [2.45, 2.75) is 19.0 Å². The van der Waals surface area contributed by atoms with Gasteiger partial charge in [0, 0.05) is 0 Å². The largest absolute Gasteiger partial charge is 0.469 e. The van der Waals surface area contributed by atoms with Gasteiger partial charge < -0.3 is 4.74 Å². The number of hydrogen-bond acceptors (Lipinski definition) is 2. The van der Waals surface area contributed by atoms with Gasteiger partial charge in [0.05, 0.1) is 13.0 Å². The first-order valence-electron chi connectivity index (χ1n) is 3.62. The number of methoxy groups -OCH3 is 1. The van der Waals surface area contributed by atoms with Crippen molar-refractivity contribution < 1.29 is 13.9 Å². The van der Waals surface area contributed by atoms with E-state index >= 15 is 0 Å². The second-order valence-corrected chi connectivity index (χ2v) is 2.64. The third kappa shape index (κ3) is 2.03. The third-order valence-electron chi connectivity index (χ3n) is 1.81. The highest BCUT2D eigenvalue weighted by Crippen LogP contribution is 2.21. The Morgan fingerprint density at radius 2 is 2.45 bits per heavy atom. The summed E-state index contributed by atoms with van der Waals surface area (Å²) in [7, 11) is 1.33. The van der Waals surface area contributed by atoms with E-state index in [-0.39, 0.29) is 18.3 Å². The molecule has 0 spiro atoms. The van der Waals surface area contributed by atoms with Gasteiger partial charge in [0.15, 0.2) is 0 Å². The van der Waals surface area contributed by atoms with Crippen LogP contribution in [0.3, 0.4) is 0 Å². The molecule has 1 aliphatic carbocycles. The summed E-state index contributed by atoms with van der Waals surface area (Å²) in [5.74, 6) is -0.586. The number of carbonyl (C=O) groups excluding carboxylic acids is 1. The Morgan fingerprint density at radius 1 is 1.73 bits per heavy atom. The maximum absolute atomic E-state index is 12.6. The Morgan fingerprint density at radius 3 is 3.00 bits per heavy atom. The summed E-state index contributed by atoms with van der Waals surface area (Å²) < 4.78 is 17.1. The molecule has 3 heteroatoms. The van der Waals surface area contributed by atoms with Crippen molar-refractivity contribution in [1.82, 2.24) is 0 Å². The van der Waals surface area contributed by atoms with E-state index in [9.17, 15) is 9.18 Å². The van der Waals surface area contributed by atoms with Crippen LogP contribution in [0.4, 0.5) is 4.39 Å². The highest BCUT2D eigenvalue weighted by molar-refractivity contribution is 5.72. The molecule has 0 amide bonds. The number of carbonyl (C=O) groups is 1. The summed E-state index contributed by atoms with van der Waals surface area (Å²) in [6, 6.07) is 0. The zero-order chi connectivity index (χ0) is 8.27. The molecule has 0 fully saturated rings. The van der Waals surface area contributed by atoms with E-state index in [2.05, 4.69) is 4.74 Å². The fraction of sp³-hybridized carbons (Fsp3) is 0.625. The van der Waals surface area contributed by atoms with Gasteiger partial charge in [0.25, 0.3) is 0 Å². The first-order valence-corrected chi connectivity index (χ1v) is 3.62. The van der Waals surface area contributed by atoms with Gasteiger partial charge in [-0.25, -0.2) is 4.39 Å². The molecule has 0 aromatic rings. The SMILES string of the molecule is COC(=O)[C@@H]1CC=C[C@H](F)C1. The average molecular weight is 158 g/mol. The van der Waals surface area contributed by atoms with E-state index in [4.69, 9.17) is 0 Å². The third-order valence-corrected chi connectivity index (χ3v) is 1.81. The van der Waals surface area contributed by atoms with Crippen molar-refractivity contribution in [3.8, 4) is 0 Å². The molecule has 0 aliphatic heterocycles. The minimum absolute atomic E-state index is 0.267. The standard InChI is InChI=1S/C8H11FO2/c1-11-8(10)6-3-2-4-7(9)5-6/h2,4,6-7H,3,5H2,1H3/t6-,7+/m1/s1. The van der Waals surface area contributed by atoms with Crippen LogP contribution >= 0.6 is 0 Å². The predicted octanol–water partition coefficient (Wildman–Crippen LogP) is 1.46. The maximum atomic E-state index is 12.6. The molecule has 0 unspecified atom stereocenters. The van der Waals surface area contributed by atoms with Gasteiger partial charge in [0.1, 0.15) is 6.17 Å². The van der Waals surface area contributed by atoms with Gasteiger partial charge in [-0.05, 0) is 12.8 Å². The highest BCUT2D eigenvalue weighted by atomic mass is 19.1. The summed E-state index contributed by atoms with van der Waals surface area (Å²) in [4.78, 5) is 10.9. The molecule has 2 atom stereocenters. The molecule has 0 aromatic carbocycles. The van der Waals surface area contributed by atoms with Crippen LogP contribution in [-0.2, 0) is 9.53 Å². The summed E-state index contributed by atoms with van der Waals surface area (Å²) in [5.41, 5.74) is 0. The Hall–Kier alpha value is -0.860. The second kappa shape index (κ2) is 3.51. The molecule has 2 nitrogen and oxygen atoms in total. The first-order chi connectivity index (χ1) is 5.24. The summed E-state index contributed by atoms with van der Waals surface area (Å²) in [6.45, 7) is 0. The van der Waals surface area contributed by atoms with Crippen molar-refractivity contribution in [2.75, 3.05) is 7.11 Å². The fourth-order valence-electron chi connectivity index (χ4n) is 1.20. The molecule has 0 saturated heterocycles. The average Bonchev–Trinajstić information content (AvgIpc) is 2.03. The lowest BCUT2D eigenvalue weighted by atomic mass is 9.93. The van der Waals surface area contributed by atoms with Crippen molar-refractivity contribution in [3.63, 3.8) is 0 Å². The van der Waals surface area contributed by atoms with Gasteiger partial charge in [-0.2, -0.15) is 0 Å². The van der Waals surface area contributed by atoms with Crippen LogP contribution in [0.25, 0.3) is 0 Å². The van der Waals surface area contributed by atoms with E-state index in [0.717, 1.165) is 0 Å². The van der Waals surface area contributed by atoms with Crippen LogP contribution in [0.15, 0.2) is 12.2 Å². The molecular formula is C8H11FO2. The molecule has 0 heterocycles. The monoisotopic (exact) mass is 158 g/mol. The second-order valence-electron chi connectivity index (χ2n) is 2.64. The van der Waals surface area contributed by atoms with Crippen molar-refractivity contribution in [1.29, 1.82) is 0 Å². The van der Waals surface area contributed by atoms with Crippen molar-refractivity contribution in [2.24, 2.45) is 5.92 Å². The molecule has 62 valence electrons. The number of alkyl halides is 1. The lowest BCUT2D eigenvalue weighted by Crippen LogP contribution is -2.21. The van der Waals surface area contributed by atoms with Crippen LogP contribution in [0.2, 0.25) is 0 Å². The smallest absolute Gasteiger partial charge is 0.309 e. The number of ether oxygens (including phenoxy) is 1. The fourth-order valence-corrected chi connectivity index (χ4v) is 1.20. The maximum Gasteiger partial charge on any atom is 0.309 e. The zero-order valence-corrected chi connectivity index (χ0v) is 6.42. The van der Waals surface area contributed by atoms with Crippen LogP contribution in [0.5, 0.6) is 0 Å². The molecule has 1 rings (SSSR count). The molecular weight excluding hydrogens is 147 g/mol. The van der Waals surface area contributed by atoms with Gasteiger partial charge in [-0.1, -0.05) is 12.2 Å². The molecule has 0 saturated carbocycles. The van der Waals surface area contributed by atoms with Gasteiger partial charge >= 0.3 is 5.97 Å². The Balaban J connectivity index is 2.49. The van der Waals surface area contributed by atoms with Gasteiger partial charge in [-0.15, -0.1) is 0 Å². The first kappa shape index (κ1) is 8.24. The number of halogens is 1. The topological polar surface area (TPSA) is 26.3 Å². The van der Waals surface area contributed by atoms with Crippen LogP contribution in [-0.4, -0.2) is 19.3 Å². The molecule has 11 heavy (non-hydrogen) atoms. The Kier molecular flexibility index (Phi) is 2.63. The number of rotatable bonds is 1. The van der Waals surface area contributed by atoms with E-state index in [1.165, 1.54) is 13.2 Å². The minimum atomic E-state index is -0.979. The molecule has 0 aromatic heterocycles. The summed E-state index contributed by atoms with van der Waals surface area (Å²) >= 11 is 0. The van der Waals surface area contributed by atoms with Gasteiger partial charge in [-0.3, -0.25) is 4.79 Å². The van der Waals surface area contributed by atoms with Gasteiger partial charge in [0.2, 0.25) is 0 Å². The lowest BCUT2D eigenvalue weighted by molar-refractivity contribution is -0.146. The molecule has 0 bridgehead atoms. The summed E-state index contributed by atoms with van der Waals surface area (Å²) in [5, 5.41) is 0. The number of allylic oxidation sites excluding steroid dienone is 2. The van der Waals surface area contributed by atoms with E-state index < -0.39 is 6.17 Å². The van der Waals surface area contributed by atoms with E-state index in [1.807, 2.05) is 0 Å². The van der Waals surface area contributed by atoms with Crippen molar-refractivity contribution in [3.05, 3.63) is 12.2 Å².